The molecule has 2 heterocycles. The second-order valence-corrected chi connectivity index (χ2v) is 5.84. The van der Waals surface area contributed by atoms with Crippen LogP contribution >= 0.6 is 0 Å². The number of hydrogen-bond donors (Lipinski definition) is 2. The smallest absolute Gasteiger partial charge is 0.331 e. The van der Waals surface area contributed by atoms with Gasteiger partial charge in [-0.25, -0.2) is 4.79 Å². The number of aromatic amines is 1. The molecule has 0 bridgehead atoms. The van der Waals surface area contributed by atoms with Crippen molar-refractivity contribution in [2.24, 2.45) is 4.99 Å². The lowest BCUT2D eigenvalue weighted by molar-refractivity contribution is 0.0934. The summed E-state index contributed by atoms with van der Waals surface area (Å²) in [5.41, 5.74) is 0.377. The minimum atomic E-state index is -0.669. The number of ether oxygens (including phenoxy) is 1. The van der Waals surface area contributed by atoms with Gasteiger partial charge < -0.3 is 9.84 Å². The van der Waals surface area contributed by atoms with E-state index in [0.29, 0.717) is 12.3 Å². The molecule has 1 fully saturated rings. The fourth-order valence-corrected chi connectivity index (χ4v) is 2.62. The summed E-state index contributed by atoms with van der Waals surface area (Å²) in [6.07, 6.45) is 2.87. The highest BCUT2D eigenvalue weighted by molar-refractivity contribution is 5.84. The Balaban J connectivity index is 1.93. The van der Waals surface area contributed by atoms with Gasteiger partial charge in [-0.1, -0.05) is 17.7 Å². The van der Waals surface area contributed by atoms with Crippen LogP contribution in [-0.2, 0) is 11.3 Å². The number of aliphatic imine (C=N–C) groups is 1. The first-order chi connectivity index (χ1) is 11.5. The quantitative estimate of drug-likeness (QED) is 0.830. The summed E-state index contributed by atoms with van der Waals surface area (Å²) in [6.45, 7) is 2.81. The highest BCUT2D eigenvalue weighted by Gasteiger charge is 2.20. The highest BCUT2D eigenvalue weighted by atomic mass is 16.5. The molecule has 126 valence electrons. The molecule has 1 saturated heterocycles. The molecule has 24 heavy (non-hydrogen) atoms. The van der Waals surface area contributed by atoms with Crippen LogP contribution in [0.1, 0.15) is 24.0 Å². The Bertz CT molecular complexity index is 859. The van der Waals surface area contributed by atoms with Gasteiger partial charge in [-0.05, 0) is 31.9 Å². The van der Waals surface area contributed by atoms with Gasteiger partial charge in [0, 0.05) is 12.8 Å². The Hall–Kier alpha value is -2.67. The molecule has 1 aromatic heterocycles. The van der Waals surface area contributed by atoms with E-state index in [0.717, 1.165) is 23.0 Å². The van der Waals surface area contributed by atoms with Crippen molar-refractivity contribution in [2.75, 3.05) is 6.61 Å². The van der Waals surface area contributed by atoms with Crippen LogP contribution in [0.25, 0.3) is 0 Å². The van der Waals surface area contributed by atoms with Crippen molar-refractivity contribution in [3.05, 3.63) is 56.2 Å². The lowest BCUT2D eigenvalue weighted by Gasteiger charge is -2.13. The summed E-state index contributed by atoms with van der Waals surface area (Å²) in [6, 6.07) is 7.41. The third kappa shape index (κ3) is 3.46. The second-order valence-electron chi connectivity index (χ2n) is 5.84. The number of hydrogen-bond acceptors (Lipinski definition) is 5. The van der Waals surface area contributed by atoms with Gasteiger partial charge >= 0.3 is 5.69 Å². The van der Waals surface area contributed by atoms with Crippen molar-refractivity contribution in [1.82, 2.24) is 9.55 Å². The lowest BCUT2D eigenvalue weighted by atomic mass is 10.2. The normalized spacial score (nSPS) is 17.6. The molecule has 2 N–H and O–H groups in total. The number of benzene rings is 1. The largest absolute Gasteiger partial charge is 0.494 e. The number of rotatable bonds is 4. The number of H-pyrrole nitrogens is 1. The minimum Gasteiger partial charge on any atom is -0.494 e. The first-order valence-electron chi connectivity index (χ1n) is 7.83. The number of nitrogens with zero attached hydrogens (tertiary/aromatic N) is 2. The lowest BCUT2D eigenvalue weighted by Crippen LogP contribution is -2.34. The topological polar surface area (TPSA) is 96.7 Å². The van der Waals surface area contributed by atoms with Gasteiger partial charge in [0.2, 0.25) is 5.88 Å². The zero-order valence-electron chi connectivity index (χ0n) is 13.4. The fraction of sp³-hybridized carbons (Fsp3) is 0.353. The van der Waals surface area contributed by atoms with E-state index in [1.807, 2.05) is 19.1 Å². The average molecular weight is 329 g/mol. The van der Waals surface area contributed by atoms with Gasteiger partial charge in [-0.15, -0.1) is 0 Å². The summed E-state index contributed by atoms with van der Waals surface area (Å²) < 4.78 is 6.60. The molecule has 7 nitrogen and oxygen atoms in total. The summed E-state index contributed by atoms with van der Waals surface area (Å²) in [5, 5.41) is 10.3. The molecular weight excluding hydrogens is 310 g/mol. The molecule has 2 aromatic rings. The molecule has 0 unspecified atom stereocenters. The van der Waals surface area contributed by atoms with E-state index in [4.69, 9.17) is 4.74 Å². The molecule has 7 heteroatoms. The molecule has 3 rings (SSSR count). The Kier molecular flexibility index (Phi) is 4.61. The third-order valence-corrected chi connectivity index (χ3v) is 3.99. The Morgan fingerprint density at radius 1 is 1.38 bits per heavy atom. The molecule has 1 aromatic carbocycles. The van der Waals surface area contributed by atoms with Gasteiger partial charge in [0.05, 0.1) is 18.3 Å². The maximum Gasteiger partial charge on any atom is 0.331 e. The number of nitrogens with one attached hydrogen (secondary N) is 1. The van der Waals surface area contributed by atoms with E-state index in [-0.39, 0.29) is 18.2 Å². The van der Waals surface area contributed by atoms with Crippen molar-refractivity contribution in [1.29, 1.82) is 0 Å². The minimum absolute atomic E-state index is 0.0480. The predicted octanol–water partition coefficient (Wildman–Crippen LogP) is 1.48. The van der Waals surface area contributed by atoms with Crippen molar-refractivity contribution in [2.45, 2.75) is 32.4 Å². The molecule has 0 radical (unpaired) electrons. The van der Waals surface area contributed by atoms with E-state index in [1.165, 1.54) is 6.21 Å². The first kappa shape index (κ1) is 16.2. The molecule has 0 amide bonds. The molecule has 0 saturated carbocycles. The third-order valence-electron chi connectivity index (χ3n) is 3.99. The van der Waals surface area contributed by atoms with Crippen LogP contribution in [0.15, 0.2) is 38.8 Å². The number of aryl methyl sites for hydroxylation is 1. The summed E-state index contributed by atoms with van der Waals surface area (Å²) >= 11 is 0. The molecule has 1 atom stereocenters. The summed E-state index contributed by atoms with van der Waals surface area (Å²) in [7, 11) is 0. The molecule has 0 aliphatic carbocycles. The van der Waals surface area contributed by atoms with Crippen molar-refractivity contribution in [3.8, 4) is 5.88 Å². The summed E-state index contributed by atoms with van der Waals surface area (Å²) in [4.78, 5) is 30.3. The second kappa shape index (κ2) is 6.84. The average Bonchev–Trinajstić information content (AvgIpc) is 3.06. The number of aromatic nitrogens is 2. The van der Waals surface area contributed by atoms with Crippen LogP contribution in [0.4, 0.5) is 5.69 Å². The van der Waals surface area contributed by atoms with E-state index >= 15 is 0 Å². The van der Waals surface area contributed by atoms with Crippen LogP contribution in [-0.4, -0.2) is 33.6 Å². The summed E-state index contributed by atoms with van der Waals surface area (Å²) in [5.74, 6) is -0.393. The van der Waals surface area contributed by atoms with Crippen LogP contribution in [0, 0.1) is 6.92 Å². The van der Waals surface area contributed by atoms with E-state index in [1.54, 1.807) is 12.1 Å². The van der Waals surface area contributed by atoms with E-state index in [2.05, 4.69) is 9.98 Å². The van der Waals surface area contributed by atoms with Gasteiger partial charge in [0.1, 0.15) is 5.56 Å². The molecular formula is C17H19N3O4. The standard InChI is InChI=1S/C17H19N3O4/c1-11-4-6-12(7-5-11)18-9-14-15(21)19-17(23)20(16(14)22)10-13-3-2-8-24-13/h4-7,9,13,22H,2-3,8,10H2,1H3,(H,19,21,23)/t13-/m0/s1. The Morgan fingerprint density at radius 2 is 2.12 bits per heavy atom. The van der Waals surface area contributed by atoms with Crippen LogP contribution in [0.5, 0.6) is 5.88 Å². The molecule has 1 aliphatic heterocycles. The predicted molar refractivity (Wildman–Crippen MR) is 90.4 cm³/mol. The first-order valence-corrected chi connectivity index (χ1v) is 7.83. The van der Waals surface area contributed by atoms with Gasteiger partial charge in [-0.3, -0.25) is 19.3 Å². The van der Waals surface area contributed by atoms with Crippen molar-refractivity contribution >= 4 is 11.9 Å². The Labute approximate surface area is 138 Å². The SMILES string of the molecule is Cc1ccc(N=Cc2c(O)n(C[C@@H]3CCCO3)c(=O)[nH]c2=O)cc1. The van der Waals surface area contributed by atoms with Crippen LogP contribution in [0.2, 0.25) is 0 Å². The fourth-order valence-electron chi connectivity index (χ4n) is 2.62. The Morgan fingerprint density at radius 3 is 2.79 bits per heavy atom. The highest BCUT2D eigenvalue weighted by Crippen LogP contribution is 2.17. The van der Waals surface area contributed by atoms with E-state index < -0.39 is 17.1 Å². The van der Waals surface area contributed by atoms with Crippen molar-refractivity contribution < 1.29 is 9.84 Å². The van der Waals surface area contributed by atoms with E-state index in [9.17, 15) is 14.7 Å². The molecule has 1 aliphatic rings. The van der Waals surface area contributed by atoms with Crippen LogP contribution < -0.4 is 11.2 Å². The van der Waals surface area contributed by atoms with Gasteiger partial charge in [0.15, 0.2) is 0 Å². The zero-order chi connectivity index (χ0) is 17.1. The monoisotopic (exact) mass is 329 g/mol. The van der Waals surface area contributed by atoms with Crippen LogP contribution in [0.3, 0.4) is 0 Å². The number of aromatic hydroxyl groups is 1. The molecule has 0 spiro atoms. The maximum atomic E-state index is 12.0. The zero-order valence-corrected chi connectivity index (χ0v) is 13.4. The van der Waals surface area contributed by atoms with Gasteiger partial charge in [-0.2, -0.15) is 0 Å². The van der Waals surface area contributed by atoms with Crippen molar-refractivity contribution in [3.63, 3.8) is 0 Å². The maximum absolute atomic E-state index is 12.0. The van der Waals surface area contributed by atoms with Gasteiger partial charge in [0.25, 0.3) is 5.56 Å².